The molecule has 0 unspecified atom stereocenters. The Balaban J connectivity index is 1.27. The van der Waals surface area contributed by atoms with E-state index in [9.17, 15) is 4.79 Å². The Bertz CT molecular complexity index is 1110. The number of nitrogens with zero attached hydrogens (tertiary/aromatic N) is 2. The summed E-state index contributed by atoms with van der Waals surface area (Å²) in [5, 5.41) is 10.0. The summed E-state index contributed by atoms with van der Waals surface area (Å²) in [6.07, 6.45) is 7.88. The molecule has 8 nitrogen and oxygen atoms in total. The van der Waals surface area contributed by atoms with Gasteiger partial charge in [0.2, 0.25) is 5.88 Å². The molecule has 2 aromatic heterocycles. The maximum atomic E-state index is 12.0. The van der Waals surface area contributed by atoms with Gasteiger partial charge in [0.15, 0.2) is 0 Å². The normalized spacial score (nSPS) is 14.3. The summed E-state index contributed by atoms with van der Waals surface area (Å²) in [6, 6.07) is 6.42. The molecular formula is C22H23ClN4O4S. The summed E-state index contributed by atoms with van der Waals surface area (Å²) in [6.45, 7) is 4.36. The second kappa shape index (κ2) is 10.1. The van der Waals surface area contributed by atoms with Crippen molar-refractivity contribution in [3.05, 3.63) is 52.1 Å². The van der Waals surface area contributed by atoms with Crippen molar-refractivity contribution in [2.75, 3.05) is 11.9 Å². The van der Waals surface area contributed by atoms with Crippen molar-refractivity contribution >= 4 is 40.9 Å². The van der Waals surface area contributed by atoms with Gasteiger partial charge in [-0.15, -0.1) is 0 Å². The van der Waals surface area contributed by atoms with Crippen LogP contribution in [0.5, 0.6) is 16.7 Å². The van der Waals surface area contributed by atoms with E-state index in [4.69, 9.17) is 25.6 Å². The molecule has 32 heavy (non-hydrogen) atoms. The molecule has 1 atom stereocenters. The predicted octanol–water partition coefficient (Wildman–Crippen LogP) is 5.90. The molecule has 0 bridgehead atoms. The molecule has 10 heteroatoms. The number of thiazole rings is 1. The van der Waals surface area contributed by atoms with Gasteiger partial charge >= 0.3 is 6.03 Å². The van der Waals surface area contributed by atoms with Crippen LogP contribution in [0.25, 0.3) is 6.08 Å². The number of halogens is 1. The van der Waals surface area contributed by atoms with Crippen molar-refractivity contribution in [3.8, 4) is 16.7 Å². The minimum atomic E-state index is -0.383. The van der Waals surface area contributed by atoms with Crippen molar-refractivity contribution in [1.82, 2.24) is 15.5 Å². The quantitative estimate of drug-likeness (QED) is 0.400. The molecule has 2 heterocycles. The summed E-state index contributed by atoms with van der Waals surface area (Å²) < 4.78 is 16.5. The van der Waals surface area contributed by atoms with Crippen molar-refractivity contribution in [3.63, 3.8) is 0 Å². The molecule has 1 aliphatic carbocycles. The van der Waals surface area contributed by atoms with E-state index in [1.165, 1.54) is 24.2 Å². The first-order valence-electron chi connectivity index (χ1n) is 10.2. The van der Waals surface area contributed by atoms with Gasteiger partial charge in [0.05, 0.1) is 22.2 Å². The molecule has 1 saturated carbocycles. The highest BCUT2D eigenvalue weighted by Gasteiger charge is 2.22. The van der Waals surface area contributed by atoms with Crippen LogP contribution in [0.3, 0.4) is 0 Å². The number of amides is 2. The molecule has 0 saturated heterocycles. The fourth-order valence-corrected chi connectivity index (χ4v) is 3.61. The van der Waals surface area contributed by atoms with E-state index in [1.807, 2.05) is 25.1 Å². The van der Waals surface area contributed by atoms with E-state index in [0.717, 1.165) is 17.2 Å². The van der Waals surface area contributed by atoms with Gasteiger partial charge in [-0.2, -0.15) is 0 Å². The van der Waals surface area contributed by atoms with Crippen molar-refractivity contribution in [2.24, 2.45) is 5.92 Å². The van der Waals surface area contributed by atoms with Gasteiger partial charge < -0.3 is 19.3 Å². The van der Waals surface area contributed by atoms with Gasteiger partial charge in [-0.1, -0.05) is 34.2 Å². The first kappa shape index (κ1) is 22.2. The summed E-state index contributed by atoms with van der Waals surface area (Å²) >= 11 is 7.70. The van der Waals surface area contributed by atoms with E-state index < -0.39 is 0 Å². The third-order valence-electron chi connectivity index (χ3n) is 4.56. The molecule has 0 aliphatic heterocycles. The maximum Gasteiger partial charge on any atom is 0.322 e. The SMILES string of the molecule is Cc1cc(NC(=O)N[C@@H](C)C=Cc2cnc(Oc3ccc(OCC4CC4)cc3Cl)s2)on1. The number of urea groups is 1. The zero-order valence-electron chi connectivity index (χ0n) is 17.6. The smallest absolute Gasteiger partial charge is 0.322 e. The van der Waals surface area contributed by atoms with Crippen molar-refractivity contribution < 1.29 is 18.8 Å². The van der Waals surface area contributed by atoms with Gasteiger partial charge in [0.25, 0.3) is 5.19 Å². The highest BCUT2D eigenvalue weighted by atomic mass is 35.5. The van der Waals surface area contributed by atoms with Gasteiger partial charge in [-0.05, 0) is 50.8 Å². The molecule has 2 amide bonds. The fourth-order valence-electron chi connectivity index (χ4n) is 2.71. The van der Waals surface area contributed by atoms with Crippen LogP contribution in [0.4, 0.5) is 10.7 Å². The standard InChI is InChI=1S/C22H23ClN4O4S/c1-13(25-21(28)26-20-9-14(2)27-31-20)3-7-17-11-24-22(32-17)30-19-8-6-16(10-18(19)23)29-12-15-4-5-15/h3,6-11,13,15H,4-5,12H2,1-2H3,(H2,25,26,28)/t13-/m0/s1. The first-order valence-corrected chi connectivity index (χ1v) is 11.4. The highest BCUT2D eigenvalue weighted by molar-refractivity contribution is 7.14. The molecule has 1 fully saturated rings. The Morgan fingerprint density at radius 1 is 1.41 bits per heavy atom. The average Bonchev–Trinajstić information content (AvgIpc) is 3.33. The van der Waals surface area contributed by atoms with E-state index in [0.29, 0.717) is 33.5 Å². The molecule has 3 aromatic rings. The minimum Gasteiger partial charge on any atom is -0.493 e. The van der Waals surface area contributed by atoms with Gasteiger partial charge in [0.1, 0.15) is 11.5 Å². The lowest BCUT2D eigenvalue weighted by Crippen LogP contribution is -2.34. The maximum absolute atomic E-state index is 12.0. The zero-order chi connectivity index (χ0) is 22.5. The molecule has 4 rings (SSSR count). The summed E-state index contributed by atoms with van der Waals surface area (Å²) in [5.41, 5.74) is 0.690. The van der Waals surface area contributed by atoms with E-state index in [1.54, 1.807) is 31.3 Å². The number of ether oxygens (including phenoxy) is 2. The third-order valence-corrected chi connectivity index (χ3v) is 5.69. The summed E-state index contributed by atoms with van der Waals surface area (Å²) in [4.78, 5) is 17.1. The zero-order valence-corrected chi connectivity index (χ0v) is 19.2. The lowest BCUT2D eigenvalue weighted by atomic mass is 10.3. The van der Waals surface area contributed by atoms with Crippen LogP contribution < -0.4 is 20.1 Å². The number of aromatic nitrogens is 2. The van der Waals surface area contributed by atoms with Crippen LogP contribution in [0, 0.1) is 12.8 Å². The Kier molecular flexibility index (Phi) is 6.96. The molecule has 0 radical (unpaired) electrons. The van der Waals surface area contributed by atoms with Gasteiger partial charge in [-0.25, -0.2) is 9.78 Å². The molecule has 1 aliphatic rings. The topological polar surface area (TPSA) is 98.5 Å². The van der Waals surface area contributed by atoms with Crippen molar-refractivity contribution in [2.45, 2.75) is 32.7 Å². The number of aryl methyl sites for hydroxylation is 1. The Morgan fingerprint density at radius 3 is 2.97 bits per heavy atom. The van der Waals surface area contributed by atoms with Crippen LogP contribution in [-0.4, -0.2) is 28.8 Å². The Morgan fingerprint density at radius 2 is 2.25 bits per heavy atom. The highest BCUT2D eigenvalue weighted by Crippen LogP contribution is 2.35. The molecule has 1 aromatic carbocycles. The number of nitrogens with one attached hydrogen (secondary N) is 2. The molecule has 168 valence electrons. The Hall–Kier alpha value is -3.04. The van der Waals surface area contributed by atoms with Gasteiger partial charge in [0, 0.05) is 24.4 Å². The van der Waals surface area contributed by atoms with Crippen LogP contribution in [-0.2, 0) is 0 Å². The second-order valence-electron chi connectivity index (χ2n) is 7.56. The lowest BCUT2D eigenvalue weighted by Gasteiger charge is -2.09. The molecule has 0 spiro atoms. The summed E-state index contributed by atoms with van der Waals surface area (Å²) in [5.74, 6) is 2.23. The Labute approximate surface area is 194 Å². The molecule has 2 N–H and O–H groups in total. The lowest BCUT2D eigenvalue weighted by molar-refractivity contribution is 0.250. The van der Waals surface area contributed by atoms with Crippen LogP contribution in [0.1, 0.15) is 30.3 Å². The largest absolute Gasteiger partial charge is 0.493 e. The summed E-state index contributed by atoms with van der Waals surface area (Å²) in [7, 11) is 0. The van der Waals surface area contributed by atoms with Crippen LogP contribution >= 0.6 is 22.9 Å². The van der Waals surface area contributed by atoms with E-state index in [2.05, 4.69) is 20.8 Å². The number of hydrogen-bond acceptors (Lipinski definition) is 7. The number of anilines is 1. The monoisotopic (exact) mass is 474 g/mol. The second-order valence-corrected chi connectivity index (χ2v) is 8.99. The third kappa shape index (κ3) is 6.48. The number of rotatable bonds is 9. The average molecular weight is 475 g/mol. The number of benzene rings is 1. The van der Waals surface area contributed by atoms with Crippen LogP contribution in [0.2, 0.25) is 5.02 Å². The predicted molar refractivity (Wildman–Crippen MR) is 124 cm³/mol. The van der Waals surface area contributed by atoms with Crippen molar-refractivity contribution in [1.29, 1.82) is 0 Å². The number of carbonyl (C=O) groups is 1. The minimum absolute atomic E-state index is 0.219. The van der Waals surface area contributed by atoms with Crippen LogP contribution in [0.15, 0.2) is 41.1 Å². The molecular weight excluding hydrogens is 452 g/mol. The number of carbonyl (C=O) groups excluding carboxylic acids is 1. The van der Waals surface area contributed by atoms with Gasteiger partial charge in [-0.3, -0.25) is 5.32 Å². The first-order chi connectivity index (χ1) is 15.4. The van der Waals surface area contributed by atoms with E-state index >= 15 is 0 Å². The fraction of sp³-hybridized carbons (Fsp3) is 0.318. The number of hydrogen-bond donors (Lipinski definition) is 2. The van der Waals surface area contributed by atoms with E-state index in [-0.39, 0.29) is 12.1 Å².